The molecular weight excluding hydrogens is 444 g/mol. The number of rotatable bonds is 8. The third-order valence-electron chi connectivity index (χ3n) is 5.29. The van der Waals surface area contributed by atoms with Crippen molar-refractivity contribution in [2.24, 2.45) is 5.92 Å². The predicted molar refractivity (Wildman–Crippen MR) is 118 cm³/mol. The number of carboxylic acids is 1. The highest BCUT2D eigenvalue weighted by Gasteiger charge is 2.39. The Balaban J connectivity index is 1.74. The molecule has 0 saturated heterocycles. The topological polar surface area (TPSA) is 82.5 Å². The summed E-state index contributed by atoms with van der Waals surface area (Å²) < 4.78 is 30.7. The van der Waals surface area contributed by atoms with Gasteiger partial charge in [-0.05, 0) is 31.6 Å². The molecule has 0 aliphatic heterocycles. The Kier molecular flexibility index (Phi) is 7.88. The van der Waals surface area contributed by atoms with Gasteiger partial charge in [-0.3, -0.25) is 10.1 Å². The first-order valence-corrected chi connectivity index (χ1v) is 11.9. The van der Waals surface area contributed by atoms with E-state index < -0.39 is 24.5 Å². The minimum absolute atomic E-state index is 0.120. The van der Waals surface area contributed by atoms with Crippen LogP contribution in [0, 0.1) is 5.92 Å². The number of thiazole rings is 1. The average Bonchev–Trinajstić information content (AvgIpc) is 3.19. The maximum Gasteiger partial charge on any atom is 0.324 e. The molecule has 1 aliphatic carbocycles. The first-order chi connectivity index (χ1) is 14.7. The number of aliphatic carboxylic acids is 1. The van der Waals surface area contributed by atoms with E-state index in [0.29, 0.717) is 23.0 Å². The Morgan fingerprint density at radius 3 is 2.58 bits per heavy atom. The maximum atomic E-state index is 15.0. The summed E-state index contributed by atoms with van der Waals surface area (Å²) in [6.07, 6.45) is 4.60. The summed E-state index contributed by atoms with van der Waals surface area (Å²) in [6, 6.07) is 6.64. The lowest BCUT2D eigenvalue weighted by atomic mass is 9.86. The normalized spacial score (nSPS) is 19.1. The van der Waals surface area contributed by atoms with Crippen LogP contribution in [0.3, 0.4) is 0 Å². The van der Waals surface area contributed by atoms with Crippen LogP contribution in [-0.2, 0) is 10.7 Å². The van der Waals surface area contributed by atoms with Crippen molar-refractivity contribution < 1.29 is 23.5 Å². The molecule has 1 aromatic carbocycles. The minimum Gasteiger partial charge on any atom is -0.481 e. The molecule has 6 nitrogen and oxygen atoms in total. The van der Waals surface area contributed by atoms with Gasteiger partial charge >= 0.3 is 12.0 Å². The Morgan fingerprint density at radius 1 is 1.26 bits per heavy atom. The molecule has 10 heteroatoms. The molecule has 0 bridgehead atoms. The minimum atomic E-state index is -3.19. The number of carbonyl (C=O) groups excluding carboxylic acids is 1. The van der Waals surface area contributed by atoms with E-state index in [1.165, 1.54) is 23.2 Å². The summed E-state index contributed by atoms with van der Waals surface area (Å²) in [5, 5.41) is 11.7. The second-order valence-electron chi connectivity index (χ2n) is 7.71. The number of amides is 2. The number of nitrogens with one attached hydrogen (secondary N) is 1. The van der Waals surface area contributed by atoms with Gasteiger partial charge in [-0.15, -0.1) is 11.8 Å². The number of hydrogen-bond acceptors (Lipinski definition) is 5. The molecule has 2 N–H and O–H groups in total. The second kappa shape index (κ2) is 10.4. The van der Waals surface area contributed by atoms with E-state index in [1.807, 2.05) is 0 Å². The molecule has 0 radical (unpaired) electrons. The highest BCUT2D eigenvalue weighted by Crippen LogP contribution is 2.34. The number of nitrogens with zero attached hydrogens (tertiary/aromatic N) is 2. The summed E-state index contributed by atoms with van der Waals surface area (Å²) >= 11 is 2.22. The molecule has 31 heavy (non-hydrogen) atoms. The van der Waals surface area contributed by atoms with Crippen molar-refractivity contribution in [1.82, 2.24) is 9.88 Å². The molecular formula is C21H25F2N3O3S2. The lowest BCUT2D eigenvalue weighted by molar-refractivity contribution is -0.133. The van der Waals surface area contributed by atoms with E-state index in [2.05, 4.69) is 17.2 Å². The predicted octanol–water partition coefficient (Wildman–Crippen LogP) is 5.52. The van der Waals surface area contributed by atoms with Crippen LogP contribution >= 0.6 is 23.1 Å². The van der Waals surface area contributed by atoms with Gasteiger partial charge in [0.15, 0.2) is 5.13 Å². The number of alkyl halides is 2. The quantitative estimate of drug-likeness (QED) is 0.497. The lowest BCUT2D eigenvalue weighted by Gasteiger charge is -2.37. The van der Waals surface area contributed by atoms with Crippen molar-refractivity contribution in [1.29, 1.82) is 0 Å². The van der Waals surface area contributed by atoms with Crippen LogP contribution in [-0.4, -0.2) is 45.3 Å². The standard InChI is InChI=1S/C21H25F2N3O3S2/c1-14-7-9-16(10-8-14)26(13-21(22,23)15-5-3-2-4-6-15)20(29)25-19-24-11-18(31-19)30-12-17(27)28/h2-6,11,14,16H,7-10,12-13H2,1H3,(H,27,28)(H,24,25,29). The summed E-state index contributed by atoms with van der Waals surface area (Å²) in [6.45, 7) is 1.42. The van der Waals surface area contributed by atoms with Crippen molar-refractivity contribution >= 4 is 40.2 Å². The number of carboxylic acid groups (broad SMARTS) is 1. The van der Waals surface area contributed by atoms with Crippen molar-refractivity contribution in [3.8, 4) is 0 Å². The number of anilines is 1. The molecule has 3 rings (SSSR count). The number of hydrogen-bond donors (Lipinski definition) is 2. The molecule has 0 atom stereocenters. The Morgan fingerprint density at radius 2 is 1.94 bits per heavy atom. The lowest BCUT2D eigenvalue weighted by Crippen LogP contribution is -2.49. The molecule has 168 valence electrons. The van der Waals surface area contributed by atoms with Crippen molar-refractivity contribution in [2.45, 2.75) is 48.8 Å². The van der Waals surface area contributed by atoms with E-state index in [-0.39, 0.29) is 22.5 Å². The van der Waals surface area contributed by atoms with Gasteiger partial charge in [-0.1, -0.05) is 48.6 Å². The zero-order valence-electron chi connectivity index (χ0n) is 17.1. The maximum absolute atomic E-state index is 15.0. The van der Waals surface area contributed by atoms with Gasteiger partial charge < -0.3 is 10.0 Å². The van der Waals surface area contributed by atoms with Crippen LogP contribution in [0.25, 0.3) is 0 Å². The fraction of sp³-hybridized carbons (Fsp3) is 0.476. The number of urea groups is 1. The largest absolute Gasteiger partial charge is 0.481 e. The van der Waals surface area contributed by atoms with Crippen molar-refractivity contribution in [3.05, 3.63) is 42.1 Å². The number of aromatic nitrogens is 1. The first-order valence-electron chi connectivity index (χ1n) is 10.1. The highest BCUT2D eigenvalue weighted by molar-refractivity contribution is 8.01. The first kappa shape index (κ1) is 23.5. The molecule has 1 aromatic heterocycles. The summed E-state index contributed by atoms with van der Waals surface area (Å²) in [4.78, 5) is 29.1. The summed E-state index contributed by atoms with van der Waals surface area (Å²) in [5.41, 5.74) is -0.126. The van der Waals surface area contributed by atoms with Gasteiger partial charge in [-0.2, -0.15) is 8.78 Å². The molecule has 0 spiro atoms. The van der Waals surface area contributed by atoms with E-state index in [4.69, 9.17) is 5.11 Å². The van der Waals surface area contributed by atoms with E-state index >= 15 is 8.78 Å². The second-order valence-corrected chi connectivity index (χ2v) is 10.0. The van der Waals surface area contributed by atoms with Crippen molar-refractivity contribution in [2.75, 3.05) is 17.6 Å². The highest BCUT2D eigenvalue weighted by atomic mass is 32.2. The van der Waals surface area contributed by atoms with E-state index in [1.54, 1.807) is 18.2 Å². The fourth-order valence-electron chi connectivity index (χ4n) is 3.59. The van der Waals surface area contributed by atoms with Crippen LogP contribution in [0.2, 0.25) is 0 Å². The van der Waals surface area contributed by atoms with Crippen LogP contribution < -0.4 is 5.32 Å². The number of carbonyl (C=O) groups is 2. The SMILES string of the molecule is CC1CCC(N(CC(F)(F)c2ccccc2)C(=O)Nc2ncc(SCC(=O)O)s2)CC1. The zero-order valence-corrected chi connectivity index (χ0v) is 18.7. The smallest absolute Gasteiger partial charge is 0.324 e. The Labute approximate surface area is 188 Å². The van der Waals surface area contributed by atoms with E-state index in [0.717, 1.165) is 35.9 Å². The zero-order chi connectivity index (χ0) is 22.4. The number of halogens is 2. The van der Waals surface area contributed by atoms with Gasteiger partial charge in [-0.25, -0.2) is 9.78 Å². The average molecular weight is 470 g/mol. The Bertz CT molecular complexity index is 887. The fourth-order valence-corrected chi connectivity index (χ4v) is 5.17. The van der Waals surface area contributed by atoms with Crippen LogP contribution in [0.15, 0.2) is 40.7 Å². The summed E-state index contributed by atoms with van der Waals surface area (Å²) in [7, 11) is 0. The van der Waals surface area contributed by atoms with Gasteiger partial charge in [0.2, 0.25) is 0 Å². The van der Waals surface area contributed by atoms with Gasteiger partial charge in [0.25, 0.3) is 5.92 Å². The molecule has 1 aliphatic rings. The molecule has 2 amide bonds. The number of thioether (sulfide) groups is 1. The molecule has 1 heterocycles. The monoisotopic (exact) mass is 469 g/mol. The summed E-state index contributed by atoms with van der Waals surface area (Å²) in [5.74, 6) is -3.74. The third kappa shape index (κ3) is 6.64. The van der Waals surface area contributed by atoms with E-state index in [9.17, 15) is 9.59 Å². The molecule has 0 unspecified atom stereocenters. The van der Waals surface area contributed by atoms with Gasteiger partial charge in [0.05, 0.1) is 22.7 Å². The Hall–Kier alpha value is -2.20. The van der Waals surface area contributed by atoms with Gasteiger partial charge in [0.1, 0.15) is 0 Å². The third-order valence-corrected chi connectivity index (χ3v) is 7.38. The van der Waals surface area contributed by atoms with Crippen molar-refractivity contribution in [3.63, 3.8) is 0 Å². The number of benzene rings is 1. The van der Waals surface area contributed by atoms with Gasteiger partial charge in [0, 0.05) is 11.6 Å². The van der Waals surface area contributed by atoms with Crippen LogP contribution in [0.4, 0.5) is 18.7 Å². The molecule has 2 aromatic rings. The molecule has 1 fully saturated rings. The van der Waals surface area contributed by atoms with Crippen LogP contribution in [0.1, 0.15) is 38.2 Å². The van der Waals surface area contributed by atoms with Crippen LogP contribution in [0.5, 0.6) is 0 Å². The molecule has 1 saturated carbocycles.